The van der Waals surface area contributed by atoms with Crippen molar-refractivity contribution in [2.75, 3.05) is 26.2 Å². The van der Waals surface area contributed by atoms with Gasteiger partial charge in [-0.3, -0.25) is 9.69 Å². The molecular weight excluding hydrogens is 232 g/mol. The number of amides is 3. The molecule has 2 saturated heterocycles. The molecule has 2 heterocycles. The van der Waals surface area contributed by atoms with E-state index in [0.717, 1.165) is 25.9 Å². The van der Waals surface area contributed by atoms with Gasteiger partial charge in [-0.2, -0.15) is 0 Å². The van der Waals surface area contributed by atoms with E-state index in [1.54, 1.807) is 13.8 Å². The standard InChI is InChI=1S/C12H22N4O2/c1-12(2)10(17)16(11(18)14-12)7-6-15-5-3-4-9(13)8-15/h9H,3-8,13H2,1-2H3,(H,14,18). The van der Waals surface area contributed by atoms with Crippen LogP contribution < -0.4 is 11.1 Å². The maximum absolute atomic E-state index is 12.0. The van der Waals surface area contributed by atoms with E-state index in [1.165, 1.54) is 4.90 Å². The molecule has 0 aromatic rings. The van der Waals surface area contributed by atoms with E-state index in [0.29, 0.717) is 13.1 Å². The molecule has 2 aliphatic rings. The van der Waals surface area contributed by atoms with Gasteiger partial charge in [-0.25, -0.2) is 4.79 Å². The normalized spacial score (nSPS) is 28.6. The Morgan fingerprint density at radius 3 is 2.67 bits per heavy atom. The first-order valence-corrected chi connectivity index (χ1v) is 6.52. The molecule has 3 N–H and O–H groups in total. The van der Waals surface area contributed by atoms with Crippen LogP contribution in [0.15, 0.2) is 0 Å². The Kier molecular flexibility index (Phi) is 3.59. The molecule has 0 aromatic heterocycles. The van der Waals surface area contributed by atoms with Crippen molar-refractivity contribution in [2.45, 2.75) is 38.3 Å². The van der Waals surface area contributed by atoms with E-state index in [-0.39, 0.29) is 18.0 Å². The van der Waals surface area contributed by atoms with E-state index < -0.39 is 5.54 Å². The predicted molar refractivity (Wildman–Crippen MR) is 68.0 cm³/mol. The molecule has 18 heavy (non-hydrogen) atoms. The number of urea groups is 1. The molecule has 2 aliphatic heterocycles. The van der Waals surface area contributed by atoms with Gasteiger partial charge in [0.05, 0.1) is 0 Å². The van der Waals surface area contributed by atoms with Gasteiger partial charge in [0.15, 0.2) is 0 Å². The molecule has 2 rings (SSSR count). The minimum absolute atomic E-state index is 0.145. The average Bonchev–Trinajstić information content (AvgIpc) is 2.46. The predicted octanol–water partition coefficient (Wildman–Crippen LogP) is -0.260. The second kappa shape index (κ2) is 4.85. The number of nitrogens with one attached hydrogen (secondary N) is 1. The number of piperidine rings is 1. The number of nitrogens with zero attached hydrogens (tertiary/aromatic N) is 2. The summed E-state index contributed by atoms with van der Waals surface area (Å²) >= 11 is 0. The minimum atomic E-state index is -0.768. The van der Waals surface area contributed by atoms with Gasteiger partial charge < -0.3 is 16.0 Å². The summed E-state index contributed by atoms with van der Waals surface area (Å²) in [7, 11) is 0. The monoisotopic (exact) mass is 254 g/mol. The van der Waals surface area contributed by atoms with Crippen LogP contribution in [-0.2, 0) is 4.79 Å². The second-order valence-electron chi connectivity index (χ2n) is 5.71. The number of likely N-dealkylation sites (tertiary alicyclic amines) is 1. The first-order chi connectivity index (χ1) is 8.40. The lowest BCUT2D eigenvalue weighted by Gasteiger charge is -2.31. The zero-order valence-corrected chi connectivity index (χ0v) is 11.1. The Bertz CT molecular complexity index is 356. The topological polar surface area (TPSA) is 78.7 Å². The summed E-state index contributed by atoms with van der Waals surface area (Å²) in [6.07, 6.45) is 2.15. The van der Waals surface area contributed by atoms with Crippen molar-refractivity contribution in [1.82, 2.24) is 15.1 Å². The van der Waals surface area contributed by atoms with Crippen molar-refractivity contribution in [2.24, 2.45) is 5.73 Å². The highest BCUT2D eigenvalue weighted by Gasteiger charge is 2.43. The summed E-state index contributed by atoms with van der Waals surface area (Å²) in [6, 6.07) is -0.0652. The Balaban J connectivity index is 1.87. The van der Waals surface area contributed by atoms with Gasteiger partial charge in [-0.15, -0.1) is 0 Å². The van der Waals surface area contributed by atoms with E-state index in [1.807, 2.05) is 0 Å². The fraction of sp³-hybridized carbons (Fsp3) is 0.833. The van der Waals surface area contributed by atoms with Crippen LogP contribution in [0.2, 0.25) is 0 Å². The number of nitrogens with two attached hydrogens (primary N) is 1. The number of rotatable bonds is 3. The van der Waals surface area contributed by atoms with Crippen molar-refractivity contribution in [3.63, 3.8) is 0 Å². The lowest BCUT2D eigenvalue weighted by Crippen LogP contribution is -2.47. The largest absolute Gasteiger partial charge is 0.327 e. The molecule has 6 heteroatoms. The van der Waals surface area contributed by atoms with E-state index in [9.17, 15) is 9.59 Å². The van der Waals surface area contributed by atoms with Crippen molar-refractivity contribution in [3.05, 3.63) is 0 Å². The molecular formula is C12H22N4O2. The van der Waals surface area contributed by atoms with Gasteiger partial charge in [-0.05, 0) is 33.2 Å². The highest BCUT2D eigenvalue weighted by molar-refractivity contribution is 6.06. The molecule has 2 fully saturated rings. The first kappa shape index (κ1) is 13.3. The Labute approximate surface area is 107 Å². The van der Waals surface area contributed by atoms with Gasteiger partial charge in [0.25, 0.3) is 5.91 Å². The number of imide groups is 1. The molecule has 0 spiro atoms. The van der Waals surface area contributed by atoms with Crippen LogP contribution in [0.1, 0.15) is 26.7 Å². The SMILES string of the molecule is CC1(C)NC(=O)N(CCN2CCCC(N)C2)C1=O. The zero-order chi connectivity index (χ0) is 13.3. The average molecular weight is 254 g/mol. The highest BCUT2D eigenvalue weighted by atomic mass is 16.2. The number of carbonyl (C=O) groups is 2. The molecule has 0 aromatic carbocycles. The Hall–Kier alpha value is -1.14. The van der Waals surface area contributed by atoms with Crippen molar-refractivity contribution >= 4 is 11.9 Å². The van der Waals surface area contributed by atoms with Crippen LogP contribution in [0.4, 0.5) is 4.79 Å². The molecule has 0 bridgehead atoms. The minimum Gasteiger partial charge on any atom is -0.327 e. The summed E-state index contributed by atoms with van der Waals surface area (Å²) in [5.74, 6) is -0.145. The fourth-order valence-corrected chi connectivity index (χ4v) is 2.56. The van der Waals surface area contributed by atoms with E-state index in [4.69, 9.17) is 5.73 Å². The van der Waals surface area contributed by atoms with Gasteiger partial charge in [0, 0.05) is 25.7 Å². The summed E-state index contributed by atoms with van der Waals surface area (Å²) < 4.78 is 0. The third kappa shape index (κ3) is 2.64. The van der Waals surface area contributed by atoms with Crippen molar-refractivity contribution < 1.29 is 9.59 Å². The summed E-state index contributed by atoms with van der Waals surface area (Å²) in [4.78, 5) is 27.2. The maximum Gasteiger partial charge on any atom is 0.325 e. The van der Waals surface area contributed by atoms with Gasteiger partial charge >= 0.3 is 6.03 Å². The van der Waals surface area contributed by atoms with Crippen molar-refractivity contribution in [3.8, 4) is 0 Å². The van der Waals surface area contributed by atoms with E-state index >= 15 is 0 Å². The summed E-state index contributed by atoms with van der Waals surface area (Å²) in [5, 5.41) is 2.68. The highest BCUT2D eigenvalue weighted by Crippen LogP contribution is 2.16. The zero-order valence-electron chi connectivity index (χ0n) is 11.1. The molecule has 0 aliphatic carbocycles. The first-order valence-electron chi connectivity index (χ1n) is 6.52. The Morgan fingerprint density at radius 2 is 2.11 bits per heavy atom. The molecule has 3 amide bonds. The van der Waals surface area contributed by atoms with Crippen LogP contribution >= 0.6 is 0 Å². The quantitative estimate of drug-likeness (QED) is 0.680. The van der Waals surface area contributed by atoms with Gasteiger partial charge in [0.2, 0.25) is 0 Å². The molecule has 6 nitrogen and oxygen atoms in total. The molecule has 0 saturated carbocycles. The fourth-order valence-electron chi connectivity index (χ4n) is 2.56. The molecule has 102 valence electrons. The second-order valence-corrected chi connectivity index (χ2v) is 5.71. The van der Waals surface area contributed by atoms with Gasteiger partial charge in [0.1, 0.15) is 5.54 Å². The molecule has 0 radical (unpaired) electrons. The van der Waals surface area contributed by atoms with Crippen LogP contribution in [0.3, 0.4) is 0 Å². The molecule has 1 unspecified atom stereocenters. The number of carbonyl (C=O) groups excluding carboxylic acids is 2. The lowest BCUT2D eigenvalue weighted by atomic mass is 10.1. The van der Waals surface area contributed by atoms with E-state index in [2.05, 4.69) is 10.2 Å². The van der Waals surface area contributed by atoms with Crippen LogP contribution in [-0.4, -0.2) is 59.5 Å². The Morgan fingerprint density at radius 1 is 1.39 bits per heavy atom. The maximum atomic E-state index is 12.0. The smallest absolute Gasteiger partial charge is 0.325 e. The van der Waals surface area contributed by atoms with Crippen LogP contribution in [0.25, 0.3) is 0 Å². The van der Waals surface area contributed by atoms with Gasteiger partial charge in [-0.1, -0.05) is 0 Å². The lowest BCUT2D eigenvalue weighted by molar-refractivity contribution is -0.130. The number of hydrogen-bond acceptors (Lipinski definition) is 4. The summed E-state index contributed by atoms with van der Waals surface area (Å²) in [5.41, 5.74) is 5.14. The van der Waals surface area contributed by atoms with Crippen molar-refractivity contribution in [1.29, 1.82) is 0 Å². The molecule has 1 atom stereocenters. The van der Waals surface area contributed by atoms with Crippen LogP contribution in [0.5, 0.6) is 0 Å². The third-order valence-corrected chi connectivity index (χ3v) is 3.63. The summed E-state index contributed by atoms with van der Waals surface area (Å²) in [6.45, 7) is 6.46. The van der Waals surface area contributed by atoms with Crippen LogP contribution in [0, 0.1) is 0 Å². The third-order valence-electron chi connectivity index (χ3n) is 3.63. The number of hydrogen-bond donors (Lipinski definition) is 2.